The Bertz CT molecular complexity index is 628. The van der Waals surface area contributed by atoms with Crippen molar-refractivity contribution in [2.45, 2.75) is 56.1 Å². The van der Waals surface area contributed by atoms with Crippen LogP contribution in [-0.2, 0) is 0 Å². The van der Waals surface area contributed by atoms with Gasteiger partial charge in [0.25, 0.3) is 0 Å². The summed E-state index contributed by atoms with van der Waals surface area (Å²) in [6.07, 6.45) is 6.17. The van der Waals surface area contributed by atoms with Crippen molar-refractivity contribution in [2.75, 3.05) is 0 Å². The third-order valence-electron chi connectivity index (χ3n) is 5.21. The summed E-state index contributed by atoms with van der Waals surface area (Å²) >= 11 is 0. The van der Waals surface area contributed by atoms with Crippen molar-refractivity contribution < 1.29 is 0 Å². The predicted octanol–water partition coefficient (Wildman–Crippen LogP) is 3.56. The van der Waals surface area contributed by atoms with Crippen LogP contribution in [0.2, 0.25) is 0 Å². The van der Waals surface area contributed by atoms with Crippen LogP contribution in [-0.4, -0.2) is 18.1 Å². The maximum atomic E-state index is 5.99. The molecule has 110 valence electrons. The smallest absolute Gasteiger partial charge is 0.0145 e. The molecule has 2 aromatic carbocycles. The summed E-state index contributed by atoms with van der Waals surface area (Å²) in [5.74, 6) is 0.713. The number of fused-ring (bicyclic) bond motifs is 1. The number of nitrogens with two attached hydrogens (primary N) is 1. The molecule has 0 bridgehead atoms. The van der Waals surface area contributed by atoms with E-state index in [-0.39, 0.29) is 0 Å². The average Bonchev–Trinajstić information content (AvgIpc) is 3.28. The molecular formula is C19H24N2. The van der Waals surface area contributed by atoms with Crippen molar-refractivity contribution in [3.05, 3.63) is 48.0 Å². The molecule has 2 atom stereocenters. The van der Waals surface area contributed by atoms with E-state index >= 15 is 0 Å². The Kier molecular flexibility index (Phi) is 3.44. The van der Waals surface area contributed by atoms with E-state index in [9.17, 15) is 0 Å². The van der Waals surface area contributed by atoms with Crippen molar-refractivity contribution in [1.82, 2.24) is 5.32 Å². The summed E-state index contributed by atoms with van der Waals surface area (Å²) in [5.41, 5.74) is 7.49. The van der Waals surface area contributed by atoms with Gasteiger partial charge in [-0.05, 0) is 48.4 Å². The molecule has 21 heavy (non-hydrogen) atoms. The first-order chi connectivity index (χ1) is 10.3. The van der Waals surface area contributed by atoms with Crippen LogP contribution < -0.4 is 11.1 Å². The average molecular weight is 280 g/mol. The van der Waals surface area contributed by atoms with Crippen molar-refractivity contribution >= 4 is 10.8 Å². The summed E-state index contributed by atoms with van der Waals surface area (Å²) in [6.45, 7) is 0. The van der Waals surface area contributed by atoms with Crippen molar-refractivity contribution in [3.8, 4) is 0 Å². The molecule has 0 heterocycles. The fourth-order valence-corrected chi connectivity index (χ4v) is 3.77. The molecule has 4 rings (SSSR count). The van der Waals surface area contributed by atoms with E-state index in [2.05, 4.69) is 47.8 Å². The van der Waals surface area contributed by atoms with Gasteiger partial charge in [0, 0.05) is 24.0 Å². The van der Waals surface area contributed by atoms with Gasteiger partial charge < -0.3 is 11.1 Å². The largest absolute Gasteiger partial charge is 0.328 e. The molecule has 2 aliphatic rings. The molecule has 2 saturated carbocycles. The van der Waals surface area contributed by atoms with Gasteiger partial charge in [-0.3, -0.25) is 0 Å². The number of hydrogen-bond acceptors (Lipinski definition) is 2. The minimum atomic E-state index is 0.443. The van der Waals surface area contributed by atoms with Crippen LogP contribution in [0.5, 0.6) is 0 Å². The number of hydrogen-bond donors (Lipinski definition) is 2. The second-order valence-electron chi connectivity index (χ2n) is 6.83. The molecule has 2 fully saturated rings. The lowest BCUT2D eigenvalue weighted by Gasteiger charge is -2.27. The Hall–Kier alpha value is -1.38. The fraction of sp³-hybridized carbons (Fsp3) is 0.474. The summed E-state index contributed by atoms with van der Waals surface area (Å²) in [5, 5.41) is 6.56. The van der Waals surface area contributed by atoms with Crippen LogP contribution >= 0.6 is 0 Å². The third kappa shape index (κ3) is 2.83. The zero-order valence-corrected chi connectivity index (χ0v) is 12.5. The van der Waals surface area contributed by atoms with Gasteiger partial charge in [-0.25, -0.2) is 0 Å². The molecule has 3 N–H and O–H groups in total. The Morgan fingerprint density at radius 1 is 0.905 bits per heavy atom. The fourth-order valence-electron chi connectivity index (χ4n) is 3.77. The van der Waals surface area contributed by atoms with E-state index < -0.39 is 0 Å². The first-order valence-electron chi connectivity index (χ1n) is 8.30. The molecule has 0 aromatic heterocycles. The molecule has 0 amide bonds. The van der Waals surface area contributed by atoms with Gasteiger partial charge in [-0.1, -0.05) is 42.5 Å². The minimum absolute atomic E-state index is 0.443. The quantitative estimate of drug-likeness (QED) is 0.902. The molecule has 1 unspecified atom stereocenters. The van der Waals surface area contributed by atoms with E-state index in [1.165, 1.54) is 48.4 Å². The molecule has 2 aliphatic carbocycles. The van der Waals surface area contributed by atoms with Crippen LogP contribution in [0.15, 0.2) is 42.5 Å². The highest BCUT2D eigenvalue weighted by atomic mass is 15.0. The normalized spacial score (nSPS) is 32.2. The van der Waals surface area contributed by atoms with E-state index in [4.69, 9.17) is 5.73 Å². The van der Waals surface area contributed by atoms with Gasteiger partial charge in [0.1, 0.15) is 0 Å². The molecule has 2 aromatic rings. The summed E-state index contributed by atoms with van der Waals surface area (Å²) < 4.78 is 0. The monoisotopic (exact) mass is 280 g/mol. The van der Waals surface area contributed by atoms with Crippen LogP contribution in [0.25, 0.3) is 10.8 Å². The van der Waals surface area contributed by atoms with Crippen molar-refractivity contribution in [2.24, 2.45) is 5.73 Å². The predicted molar refractivity (Wildman–Crippen MR) is 88.5 cm³/mol. The maximum absolute atomic E-state index is 5.99. The molecule has 2 nitrogen and oxygen atoms in total. The second kappa shape index (κ2) is 5.43. The maximum Gasteiger partial charge on any atom is 0.0145 e. The summed E-state index contributed by atoms with van der Waals surface area (Å²) in [4.78, 5) is 0. The highest BCUT2D eigenvalue weighted by molar-refractivity contribution is 5.83. The van der Waals surface area contributed by atoms with Gasteiger partial charge in [-0.2, -0.15) is 0 Å². The summed E-state index contributed by atoms with van der Waals surface area (Å²) in [7, 11) is 0. The molecule has 0 radical (unpaired) electrons. The van der Waals surface area contributed by atoms with Crippen molar-refractivity contribution in [3.63, 3.8) is 0 Å². The van der Waals surface area contributed by atoms with Gasteiger partial charge in [0.2, 0.25) is 0 Å². The van der Waals surface area contributed by atoms with Crippen molar-refractivity contribution in [1.29, 1.82) is 0 Å². The molecular weight excluding hydrogens is 256 g/mol. The van der Waals surface area contributed by atoms with E-state index in [0.717, 1.165) is 0 Å². The van der Waals surface area contributed by atoms with Crippen LogP contribution in [0.1, 0.15) is 43.6 Å². The molecule has 0 spiro atoms. The molecule has 0 saturated heterocycles. The lowest BCUT2D eigenvalue weighted by Crippen LogP contribution is -2.38. The van der Waals surface area contributed by atoms with Crippen LogP contribution in [0.4, 0.5) is 0 Å². The lowest BCUT2D eigenvalue weighted by atomic mass is 9.92. The highest BCUT2D eigenvalue weighted by Gasteiger charge is 2.39. The first-order valence-corrected chi connectivity index (χ1v) is 8.30. The third-order valence-corrected chi connectivity index (χ3v) is 5.21. The Balaban J connectivity index is 1.41. The topological polar surface area (TPSA) is 38.0 Å². The number of benzene rings is 2. The van der Waals surface area contributed by atoms with E-state index in [0.29, 0.717) is 24.0 Å². The Morgan fingerprint density at radius 2 is 1.67 bits per heavy atom. The lowest BCUT2D eigenvalue weighted by molar-refractivity contribution is 0.339. The Labute approximate surface area is 126 Å². The number of nitrogens with one attached hydrogen (secondary N) is 1. The van der Waals surface area contributed by atoms with Crippen LogP contribution in [0.3, 0.4) is 0 Å². The second-order valence-corrected chi connectivity index (χ2v) is 6.83. The first kappa shape index (κ1) is 13.3. The van der Waals surface area contributed by atoms with E-state index in [1.807, 2.05) is 0 Å². The number of rotatable bonds is 3. The zero-order valence-electron chi connectivity index (χ0n) is 12.5. The van der Waals surface area contributed by atoms with Gasteiger partial charge in [0.15, 0.2) is 0 Å². The van der Waals surface area contributed by atoms with Gasteiger partial charge >= 0.3 is 0 Å². The Morgan fingerprint density at radius 3 is 2.48 bits per heavy atom. The van der Waals surface area contributed by atoms with Crippen LogP contribution in [0, 0.1) is 0 Å². The SMILES string of the molecule is NC1CCC(NC2C[C@H]2c2ccc3ccccc3c2)CC1. The summed E-state index contributed by atoms with van der Waals surface area (Å²) in [6, 6.07) is 17.4. The van der Waals surface area contributed by atoms with Gasteiger partial charge in [0.05, 0.1) is 0 Å². The standard InChI is InChI=1S/C19H24N2/c20-16-7-9-17(10-8-16)21-19-12-18(19)15-6-5-13-3-1-2-4-14(13)11-15/h1-6,11,16-19,21H,7-10,12,20H2/t16?,17?,18-,19?/m0/s1. The molecule has 2 heteroatoms. The minimum Gasteiger partial charge on any atom is -0.328 e. The van der Waals surface area contributed by atoms with E-state index in [1.54, 1.807) is 0 Å². The highest BCUT2D eigenvalue weighted by Crippen LogP contribution is 2.42. The van der Waals surface area contributed by atoms with Gasteiger partial charge in [-0.15, -0.1) is 0 Å². The molecule has 0 aliphatic heterocycles. The zero-order chi connectivity index (χ0) is 14.2.